The van der Waals surface area contributed by atoms with Crippen LogP contribution in [0.2, 0.25) is 0 Å². The lowest BCUT2D eigenvalue weighted by Crippen LogP contribution is -2.10. The molecule has 20 heavy (non-hydrogen) atoms. The number of aromatic nitrogens is 4. The van der Waals surface area contributed by atoms with E-state index < -0.39 is 5.97 Å². The predicted octanol–water partition coefficient (Wildman–Crippen LogP) is 2.26. The molecule has 2 aromatic heterocycles. The van der Waals surface area contributed by atoms with Gasteiger partial charge in [-0.15, -0.1) is 16.4 Å². The molecular weight excluding hydrogens is 276 g/mol. The lowest BCUT2D eigenvalue weighted by Gasteiger charge is -2.03. The monoisotopic (exact) mass is 294 g/mol. The molecule has 0 amide bonds. The standard InChI is InChI=1S/C13H18N4O2S/c1-5-10-11(13(18)19-4)15-16-17(10)6-9-7-20-12(14-9)8(2)3/h7-8H,5-6H2,1-4H3. The first kappa shape index (κ1) is 14.6. The largest absolute Gasteiger partial charge is 0.464 e. The van der Waals surface area contributed by atoms with Gasteiger partial charge in [-0.3, -0.25) is 0 Å². The van der Waals surface area contributed by atoms with Crippen molar-refractivity contribution in [3.63, 3.8) is 0 Å². The molecule has 0 bridgehead atoms. The number of carbonyl (C=O) groups is 1. The highest BCUT2D eigenvalue weighted by atomic mass is 32.1. The van der Waals surface area contributed by atoms with Crippen molar-refractivity contribution in [1.82, 2.24) is 20.0 Å². The Labute approximate surface area is 121 Å². The molecule has 2 aromatic rings. The van der Waals surface area contributed by atoms with Crippen LogP contribution in [0, 0.1) is 0 Å². The Morgan fingerprint density at radius 1 is 1.50 bits per heavy atom. The van der Waals surface area contributed by atoms with Gasteiger partial charge in [-0.1, -0.05) is 26.0 Å². The van der Waals surface area contributed by atoms with Crippen LogP contribution in [0.15, 0.2) is 5.38 Å². The maximum atomic E-state index is 11.6. The van der Waals surface area contributed by atoms with Gasteiger partial charge >= 0.3 is 5.97 Å². The van der Waals surface area contributed by atoms with Gasteiger partial charge in [0, 0.05) is 11.3 Å². The summed E-state index contributed by atoms with van der Waals surface area (Å²) >= 11 is 1.64. The first-order valence-electron chi connectivity index (χ1n) is 6.51. The van der Waals surface area contributed by atoms with Crippen molar-refractivity contribution >= 4 is 17.3 Å². The van der Waals surface area contributed by atoms with Crippen LogP contribution in [0.5, 0.6) is 0 Å². The van der Waals surface area contributed by atoms with Gasteiger partial charge in [0.2, 0.25) is 0 Å². The van der Waals surface area contributed by atoms with E-state index in [9.17, 15) is 4.79 Å². The smallest absolute Gasteiger partial charge is 0.360 e. The third-order valence-electron chi connectivity index (χ3n) is 2.93. The summed E-state index contributed by atoms with van der Waals surface area (Å²) in [7, 11) is 1.34. The van der Waals surface area contributed by atoms with Crippen molar-refractivity contribution in [2.24, 2.45) is 0 Å². The van der Waals surface area contributed by atoms with E-state index in [1.807, 2.05) is 12.3 Å². The summed E-state index contributed by atoms with van der Waals surface area (Å²) in [6, 6.07) is 0. The Hall–Kier alpha value is -1.76. The highest BCUT2D eigenvalue weighted by Crippen LogP contribution is 2.20. The van der Waals surface area contributed by atoms with Crippen molar-refractivity contribution in [1.29, 1.82) is 0 Å². The van der Waals surface area contributed by atoms with Crippen LogP contribution in [0.25, 0.3) is 0 Å². The van der Waals surface area contributed by atoms with E-state index in [4.69, 9.17) is 4.74 Å². The van der Waals surface area contributed by atoms with Crippen molar-refractivity contribution in [2.75, 3.05) is 7.11 Å². The zero-order chi connectivity index (χ0) is 14.7. The highest BCUT2D eigenvalue weighted by molar-refractivity contribution is 7.09. The van der Waals surface area contributed by atoms with Crippen molar-refractivity contribution in [2.45, 2.75) is 39.7 Å². The molecule has 0 N–H and O–H groups in total. The lowest BCUT2D eigenvalue weighted by atomic mass is 10.2. The number of rotatable bonds is 5. The van der Waals surface area contributed by atoms with Crippen LogP contribution in [0.1, 0.15) is 53.6 Å². The number of carbonyl (C=O) groups excluding carboxylic acids is 1. The molecule has 0 aliphatic rings. The quantitative estimate of drug-likeness (QED) is 0.791. The van der Waals surface area contributed by atoms with Gasteiger partial charge in [-0.25, -0.2) is 14.5 Å². The molecular formula is C13H18N4O2S. The average molecular weight is 294 g/mol. The maximum Gasteiger partial charge on any atom is 0.360 e. The SMILES string of the molecule is CCc1c(C(=O)OC)nnn1Cc1csc(C(C)C)n1. The lowest BCUT2D eigenvalue weighted by molar-refractivity contribution is 0.0592. The molecule has 0 saturated heterocycles. The van der Waals surface area contributed by atoms with Gasteiger partial charge in [0.15, 0.2) is 5.69 Å². The van der Waals surface area contributed by atoms with E-state index in [1.54, 1.807) is 16.0 Å². The van der Waals surface area contributed by atoms with Crippen LogP contribution in [0.4, 0.5) is 0 Å². The number of nitrogens with zero attached hydrogens (tertiary/aromatic N) is 4. The highest BCUT2D eigenvalue weighted by Gasteiger charge is 2.19. The maximum absolute atomic E-state index is 11.6. The molecule has 0 aliphatic carbocycles. The van der Waals surface area contributed by atoms with E-state index in [1.165, 1.54) is 7.11 Å². The zero-order valence-electron chi connectivity index (χ0n) is 12.1. The molecule has 0 saturated carbocycles. The van der Waals surface area contributed by atoms with Gasteiger partial charge in [0.05, 0.1) is 30.1 Å². The number of hydrogen-bond donors (Lipinski definition) is 0. The van der Waals surface area contributed by atoms with E-state index in [-0.39, 0.29) is 5.69 Å². The third-order valence-corrected chi connectivity index (χ3v) is 4.12. The Kier molecular flexibility index (Phi) is 4.49. The van der Waals surface area contributed by atoms with Gasteiger partial charge < -0.3 is 4.74 Å². The van der Waals surface area contributed by atoms with E-state index in [0.717, 1.165) is 16.4 Å². The van der Waals surface area contributed by atoms with Crippen LogP contribution in [-0.2, 0) is 17.7 Å². The van der Waals surface area contributed by atoms with Crippen molar-refractivity contribution in [3.8, 4) is 0 Å². The first-order valence-corrected chi connectivity index (χ1v) is 7.39. The Morgan fingerprint density at radius 2 is 2.25 bits per heavy atom. The molecule has 6 nitrogen and oxygen atoms in total. The van der Waals surface area contributed by atoms with Gasteiger partial charge in [-0.05, 0) is 6.42 Å². The van der Waals surface area contributed by atoms with Gasteiger partial charge in [0.1, 0.15) is 0 Å². The molecule has 0 aromatic carbocycles. The fourth-order valence-corrected chi connectivity index (χ4v) is 2.71. The minimum Gasteiger partial charge on any atom is -0.464 e. The molecule has 0 atom stereocenters. The molecule has 2 rings (SSSR count). The molecule has 0 aliphatic heterocycles. The molecule has 0 fully saturated rings. The number of thiazole rings is 1. The summed E-state index contributed by atoms with van der Waals surface area (Å²) in [5.41, 5.74) is 2.00. The van der Waals surface area contributed by atoms with E-state index in [2.05, 4.69) is 29.1 Å². The van der Waals surface area contributed by atoms with Crippen molar-refractivity contribution in [3.05, 3.63) is 27.5 Å². The van der Waals surface area contributed by atoms with Crippen molar-refractivity contribution < 1.29 is 9.53 Å². The number of hydrogen-bond acceptors (Lipinski definition) is 6. The topological polar surface area (TPSA) is 69.9 Å². The van der Waals surface area contributed by atoms with Crippen LogP contribution >= 0.6 is 11.3 Å². The Bertz CT molecular complexity index is 603. The fourth-order valence-electron chi connectivity index (χ4n) is 1.88. The second kappa shape index (κ2) is 6.13. The van der Waals surface area contributed by atoms with Crippen LogP contribution in [-0.4, -0.2) is 33.1 Å². The third kappa shape index (κ3) is 2.87. The molecule has 0 spiro atoms. The van der Waals surface area contributed by atoms with Crippen LogP contribution in [0.3, 0.4) is 0 Å². The number of ether oxygens (including phenoxy) is 1. The second-order valence-corrected chi connectivity index (χ2v) is 5.61. The normalized spacial score (nSPS) is 11.1. The number of methoxy groups -OCH3 is 1. The fraction of sp³-hybridized carbons (Fsp3) is 0.538. The molecule has 0 radical (unpaired) electrons. The van der Waals surface area contributed by atoms with E-state index in [0.29, 0.717) is 18.9 Å². The molecule has 0 unspecified atom stereocenters. The predicted molar refractivity (Wildman–Crippen MR) is 76.0 cm³/mol. The van der Waals surface area contributed by atoms with Gasteiger partial charge in [-0.2, -0.15) is 0 Å². The summed E-state index contributed by atoms with van der Waals surface area (Å²) in [5, 5.41) is 11.1. The van der Waals surface area contributed by atoms with Crippen LogP contribution < -0.4 is 0 Å². The zero-order valence-corrected chi connectivity index (χ0v) is 12.9. The molecule has 108 valence electrons. The van der Waals surface area contributed by atoms with Gasteiger partial charge in [0.25, 0.3) is 0 Å². The Balaban J connectivity index is 2.24. The Morgan fingerprint density at radius 3 is 2.80 bits per heavy atom. The summed E-state index contributed by atoms with van der Waals surface area (Å²) in [6.07, 6.45) is 0.665. The summed E-state index contributed by atoms with van der Waals surface area (Å²) in [5.74, 6) is -0.0324. The minimum atomic E-state index is -0.450. The summed E-state index contributed by atoms with van der Waals surface area (Å²) < 4.78 is 6.42. The first-order chi connectivity index (χ1) is 9.56. The summed E-state index contributed by atoms with van der Waals surface area (Å²) in [6.45, 7) is 6.72. The number of esters is 1. The molecule has 2 heterocycles. The van der Waals surface area contributed by atoms with E-state index >= 15 is 0 Å². The average Bonchev–Trinajstić information content (AvgIpc) is 3.05. The second-order valence-electron chi connectivity index (χ2n) is 4.72. The minimum absolute atomic E-state index is 0.286. The molecule has 7 heteroatoms. The summed E-state index contributed by atoms with van der Waals surface area (Å²) in [4.78, 5) is 16.2.